The summed E-state index contributed by atoms with van der Waals surface area (Å²) in [5.74, 6) is -1.75. The van der Waals surface area contributed by atoms with Gasteiger partial charge in [0.2, 0.25) is 0 Å². The Kier molecular flexibility index (Phi) is 8.15. The Morgan fingerprint density at radius 3 is 2.11 bits per heavy atom. The summed E-state index contributed by atoms with van der Waals surface area (Å²) >= 11 is 7.16. The van der Waals surface area contributed by atoms with E-state index in [1.807, 2.05) is 42.5 Å². The van der Waals surface area contributed by atoms with Gasteiger partial charge in [-0.3, -0.25) is 4.79 Å². The van der Waals surface area contributed by atoms with E-state index in [0.29, 0.717) is 21.2 Å². The SMILES string of the molecule is CCOC(=O)c1c(-c2ccc(Cl)cc2)csc1NC(=O)COC(=O)c1ccc(-c2ccccc2)cc1. The molecule has 0 aliphatic carbocycles. The van der Waals surface area contributed by atoms with Crippen molar-refractivity contribution in [3.05, 3.63) is 100 Å². The highest BCUT2D eigenvalue weighted by atomic mass is 35.5. The first kappa shape index (κ1) is 25.2. The van der Waals surface area contributed by atoms with Gasteiger partial charge in [0.05, 0.1) is 12.2 Å². The van der Waals surface area contributed by atoms with Crippen LogP contribution in [0.5, 0.6) is 0 Å². The Morgan fingerprint density at radius 1 is 0.806 bits per heavy atom. The molecule has 0 fully saturated rings. The smallest absolute Gasteiger partial charge is 0.341 e. The monoisotopic (exact) mass is 519 g/mol. The van der Waals surface area contributed by atoms with Crippen LogP contribution in [0.15, 0.2) is 84.2 Å². The molecular weight excluding hydrogens is 498 g/mol. The van der Waals surface area contributed by atoms with E-state index in [-0.39, 0.29) is 12.2 Å². The van der Waals surface area contributed by atoms with Crippen LogP contribution in [0, 0.1) is 0 Å². The fourth-order valence-corrected chi connectivity index (χ4v) is 4.60. The number of carbonyl (C=O) groups excluding carboxylic acids is 3. The third-order valence-electron chi connectivity index (χ3n) is 5.24. The quantitative estimate of drug-likeness (QED) is 0.262. The number of nitrogens with one attached hydrogen (secondary N) is 1. The third kappa shape index (κ3) is 6.00. The van der Waals surface area contributed by atoms with E-state index in [2.05, 4.69) is 5.32 Å². The zero-order chi connectivity index (χ0) is 25.5. The third-order valence-corrected chi connectivity index (χ3v) is 6.39. The van der Waals surface area contributed by atoms with Crippen molar-refractivity contribution in [1.29, 1.82) is 0 Å². The van der Waals surface area contributed by atoms with Crippen molar-refractivity contribution < 1.29 is 23.9 Å². The van der Waals surface area contributed by atoms with Gasteiger partial charge in [-0.2, -0.15) is 0 Å². The first-order valence-electron chi connectivity index (χ1n) is 11.1. The fourth-order valence-electron chi connectivity index (χ4n) is 3.50. The summed E-state index contributed by atoms with van der Waals surface area (Å²) in [4.78, 5) is 37.7. The highest BCUT2D eigenvalue weighted by Gasteiger charge is 2.23. The molecule has 0 radical (unpaired) electrons. The minimum atomic E-state index is -0.622. The molecule has 6 nitrogen and oxygen atoms in total. The number of carbonyl (C=O) groups is 3. The van der Waals surface area contributed by atoms with Crippen LogP contribution in [-0.4, -0.2) is 31.1 Å². The lowest BCUT2D eigenvalue weighted by atomic mass is 10.0. The van der Waals surface area contributed by atoms with Gasteiger partial charge in [-0.25, -0.2) is 9.59 Å². The Balaban J connectivity index is 1.42. The van der Waals surface area contributed by atoms with Crippen molar-refractivity contribution in [2.75, 3.05) is 18.5 Å². The minimum Gasteiger partial charge on any atom is -0.462 e. The Hall–Kier alpha value is -3.94. The average Bonchev–Trinajstić information content (AvgIpc) is 3.32. The van der Waals surface area contributed by atoms with Crippen LogP contribution < -0.4 is 5.32 Å². The van der Waals surface area contributed by atoms with E-state index in [9.17, 15) is 14.4 Å². The molecule has 182 valence electrons. The number of halogens is 1. The zero-order valence-electron chi connectivity index (χ0n) is 19.3. The van der Waals surface area contributed by atoms with Gasteiger partial charge in [-0.1, -0.05) is 66.2 Å². The molecular formula is C28H22ClNO5S. The van der Waals surface area contributed by atoms with Crippen molar-refractivity contribution in [3.8, 4) is 22.3 Å². The van der Waals surface area contributed by atoms with E-state index < -0.39 is 24.5 Å². The Bertz CT molecular complexity index is 1370. The molecule has 1 aromatic heterocycles. The molecule has 0 unspecified atom stereocenters. The van der Waals surface area contributed by atoms with Crippen LogP contribution in [0.3, 0.4) is 0 Å². The second kappa shape index (κ2) is 11.7. The van der Waals surface area contributed by atoms with Gasteiger partial charge in [0.1, 0.15) is 10.6 Å². The molecule has 0 aliphatic rings. The van der Waals surface area contributed by atoms with E-state index in [1.54, 1.807) is 48.7 Å². The molecule has 0 atom stereocenters. The molecule has 8 heteroatoms. The molecule has 0 bridgehead atoms. The number of anilines is 1. The van der Waals surface area contributed by atoms with E-state index in [1.165, 1.54) is 11.3 Å². The maximum absolute atomic E-state index is 12.7. The lowest BCUT2D eigenvalue weighted by molar-refractivity contribution is -0.119. The number of benzene rings is 3. The predicted molar refractivity (Wildman–Crippen MR) is 142 cm³/mol. The molecule has 4 aromatic rings. The van der Waals surface area contributed by atoms with Gasteiger partial charge >= 0.3 is 11.9 Å². The van der Waals surface area contributed by atoms with Crippen LogP contribution in [-0.2, 0) is 14.3 Å². The standard InChI is InChI=1S/C28H22ClNO5S/c1-2-34-28(33)25-23(20-12-14-22(29)15-13-20)17-36-26(25)30-24(31)16-35-27(32)21-10-8-19(9-11-21)18-6-4-3-5-7-18/h3-15,17H,2,16H2,1H3,(H,30,31). The van der Waals surface area contributed by atoms with Crippen LogP contribution in [0.1, 0.15) is 27.6 Å². The summed E-state index contributed by atoms with van der Waals surface area (Å²) in [6.07, 6.45) is 0. The first-order chi connectivity index (χ1) is 17.5. The molecule has 36 heavy (non-hydrogen) atoms. The van der Waals surface area contributed by atoms with Gasteiger partial charge in [-0.05, 0) is 47.9 Å². The molecule has 1 N–H and O–H groups in total. The largest absolute Gasteiger partial charge is 0.462 e. The van der Waals surface area contributed by atoms with Gasteiger partial charge in [0.15, 0.2) is 6.61 Å². The van der Waals surface area contributed by atoms with Crippen LogP contribution in [0.2, 0.25) is 5.02 Å². The van der Waals surface area contributed by atoms with Crippen molar-refractivity contribution >= 4 is 45.8 Å². The number of thiophene rings is 1. The fraction of sp³-hybridized carbons (Fsp3) is 0.107. The Morgan fingerprint density at radius 2 is 1.44 bits per heavy atom. The summed E-state index contributed by atoms with van der Waals surface area (Å²) < 4.78 is 10.4. The highest BCUT2D eigenvalue weighted by Crippen LogP contribution is 2.36. The first-order valence-corrected chi connectivity index (χ1v) is 12.4. The molecule has 0 spiro atoms. The number of hydrogen-bond donors (Lipinski definition) is 1. The number of hydrogen-bond acceptors (Lipinski definition) is 6. The maximum Gasteiger partial charge on any atom is 0.341 e. The van der Waals surface area contributed by atoms with Crippen LogP contribution in [0.4, 0.5) is 5.00 Å². The van der Waals surface area contributed by atoms with Gasteiger partial charge in [0, 0.05) is 16.0 Å². The topological polar surface area (TPSA) is 81.7 Å². The second-order valence-electron chi connectivity index (χ2n) is 7.65. The highest BCUT2D eigenvalue weighted by molar-refractivity contribution is 7.15. The number of ether oxygens (including phenoxy) is 2. The van der Waals surface area contributed by atoms with Gasteiger partial charge < -0.3 is 14.8 Å². The summed E-state index contributed by atoms with van der Waals surface area (Å²) in [6.45, 7) is 1.38. The second-order valence-corrected chi connectivity index (χ2v) is 8.96. The Labute approximate surface area is 217 Å². The van der Waals surface area contributed by atoms with Crippen LogP contribution >= 0.6 is 22.9 Å². The van der Waals surface area contributed by atoms with Crippen molar-refractivity contribution in [2.45, 2.75) is 6.92 Å². The average molecular weight is 520 g/mol. The normalized spacial score (nSPS) is 10.5. The zero-order valence-corrected chi connectivity index (χ0v) is 20.9. The molecule has 0 saturated heterocycles. The molecule has 0 saturated carbocycles. The van der Waals surface area contributed by atoms with Crippen molar-refractivity contribution in [3.63, 3.8) is 0 Å². The predicted octanol–water partition coefficient (Wildman–Crippen LogP) is 6.71. The summed E-state index contributed by atoms with van der Waals surface area (Å²) in [5.41, 5.74) is 3.93. The molecule has 1 heterocycles. The lowest BCUT2D eigenvalue weighted by Crippen LogP contribution is -2.21. The van der Waals surface area contributed by atoms with E-state index >= 15 is 0 Å². The molecule has 0 aliphatic heterocycles. The van der Waals surface area contributed by atoms with E-state index in [4.69, 9.17) is 21.1 Å². The summed E-state index contributed by atoms with van der Waals surface area (Å²) in [5, 5.41) is 5.30. The summed E-state index contributed by atoms with van der Waals surface area (Å²) in [6, 6.07) is 23.7. The maximum atomic E-state index is 12.7. The molecule has 1 amide bonds. The molecule has 3 aromatic carbocycles. The minimum absolute atomic E-state index is 0.183. The number of rotatable bonds is 8. The number of esters is 2. The van der Waals surface area contributed by atoms with Crippen LogP contribution in [0.25, 0.3) is 22.3 Å². The van der Waals surface area contributed by atoms with E-state index in [0.717, 1.165) is 16.7 Å². The van der Waals surface area contributed by atoms with Gasteiger partial charge in [-0.15, -0.1) is 11.3 Å². The number of amides is 1. The lowest BCUT2D eigenvalue weighted by Gasteiger charge is -2.09. The van der Waals surface area contributed by atoms with Crippen molar-refractivity contribution in [2.24, 2.45) is 0 Å². The summed E-state index contributed by atoms with van der Waals surface area (Å²) in [7, 11) is 0. The van der Waals surface area contributed by atoms with Gasteiger partial charge in [0.25, 0.3) is 5.91 Å². The molecule has 4 rings (SSSR count). The van der Waals surface area contributed by atoms with Crippen molar-refractivity contribution in [1.82, 2.24) is 0 Å².